The van der Waals surface area contributed by atoms with Gasteiger partial charge in [-0.25, -0.2) is 0 Å². The summed E-state index contributed by atoms with van der Waals surface area (Å²) in [6, 6.07) is 16.9. The van der Waals surface area contributed by atoms with Gasteiger partial charge in [0.25, 0.3) is 5.91 Å². The number of halogens is 1. The fraction of sp³-hybridized carbons (Fsp3) is 0.259. The average molecular weight is 449 g/mol. The Morgan fingerprint density at radius 1 is 0.969 bits per heavy atom. The zero-order valence-corrected chi connectivity index (χ0v) is 20.1. The molecule has 3 aromatic carbocycles. The predicted octanol–water partition coefficient (Wildman–Crippen LogP) is 7.21. The van der Waals surface area contributed by atoms with Gasteiger partial charge in [-0.3, -0.25) is 4.79 Å². The highest BCUT2D eigenvalue weighted by Gasteiger charge is 2.19. The maximum Gasteiger partial charge on any atom is 0.259 e. The molecule has 0 bridgehead atoms. The van der Waals surface area contributed by atoms with E-state index >= 15 is 0 Å². The van der Waals surface area contributed by atoms with Crippen LogP contribution in [-0.2, 0) is 0 Å². The maximum atomic E-state index is 12.8. The number of phenols is 1. The number of nitriles is 1. The molecule has 0 aliphatic carbocycles. The van der Waals surface area contributed by atoms with Crippen LogP contribution in [0.3, 0.4) is 0 Å². The maximum absolute atomic E-state index is 12.8. The third-order valence-corrected chi connectivity index (χ3v) is 5.45. The van der Waals surface area contributed by atoms with E-state index < -0.39 is 5.92 Å². The summed E-state index contributed by atoms with van der Waals surface area (Å²) in [4.78, 5) is 12.8. The Hall–Kier alpha value is -3.29. The summed E-state index contributed by atoms with van der Waals surface area (Å²) < 4.78 is 0. The van der Waals surface area contributed by atoms with Gasteiger partial charge in [-0.1, -0.05) is 49.7 Å². The molecule has 0 spiro atoms. The lowest BCUT2D eigenvalue weighted by molar-refractivity contribution is 0.102. The molecular weight excluding hydrogens is 420 g/mol. The van der Waals surface area contributed by atoms with Gasteiger partial charge in [0.1, 0.15) is 5.75 Å². The van der Waals surface area contributed by atoms with Crippen LogP contribution in [0, 0.1) is 39.0 Å². The highest BCUT2D eigenvalue weighted by atomic mass is 35.5. The Morgan fingerprint density at radius 2 is 1.59 bits per heavy atom. The minimum atomic E-state index is -0.436. The first-order valence-corrected chi connectivity index (χ1v) is 11.0. The molecule has 0 saturated heterocycles. The summed E-state index contributed by atoms with van der Waals surface area (Å²) in [5.74, 6) is -0.824. The molecule has 4 nitrogen and oxygen atoms in total. The molecule has 0 aliphatic rings. The number of anilines is 1. The Morgan fingerprint density at radius 3 is 2.19 bits per heavy atom. The Bertz CT molecular complexity index is 1160. The number of amides is 1. The van der Waals surface area contributed by atoms with E-state index in [-0.39, 0.29) is 17.2 Å². The van der Waals surface area contributed by atoms with Crippen molar-refractivity contribution in [1.82, 2.24) is 0 Å². The van der Waals surface area contributed by atoms with E-state index in [1.165, 1.54) is 0 Å². The van der Waals surface area contributed by atoms with Gasteiger partial charge in [0, 0.05) is 10.7 Å². The summed E-state index contributed by atoms with van der Waals surface area (Å²) in [5.41, 5.74) is 5.91. The Kier molecular flexibility index (Phi) is 8.46. The summed E-state index contributed by atoms with van der Waals surface area (Å²) >= 11 is 5.97. The quantitative estimate of drug-likeness (QED) is 0.442. The van der Waals surface area contributed by atoms with Gasteiger partial charge in [-0.05, 0) is 85.3 Å². The Labute approximate surface area is 195 Å². The van der Waals surface area contributed by atoms with Crippen molar-refractivity contribution in [2.45, 2.75) is 47.5 Å². The van der Waals surface area contributed by atoms with E-state index in [1.54, 1.807) is 25.1 Å². The smallest absolute Gasteiger partial charge is 0.259 e. The lowest BCUT2D eigenvalue weighted by Crippen LogP contribution is -2.14. The third-order valence-electron chi connectivity index (χ3n) is 5.19. The summed E-state index contributed by atoms with van der Waals surface area (Å²) in [6.45, 7) is 11.4. The monoisotopic (exact) mass is 448 g/mol. The molecule has 32 heavy (non-hydrogen) atoms. The minimum absolute atomic E-state index is 0.0172. The molecule has 1 unspecified atom stereocenters. The number of hydrogen-bond donors (Lipinski definition) is 2. The number of benzene rings is 3. The highest BCUT2D eigenvalue weighted by molar-refractivity contribution is 6.30. The molecule has 3 rings (SSSR count). The van der Waals surface area contributed by atoms with Gasteiger partial charge >= 0.3 is 0 Å². The summed E-state index contributed by atoms with van der Waals surface area (Å²) in [6.07, 6.45) is 0. The SMILES string of the molecule is CC.Cc1cc(C)c(O)c(C(=O)Nc2cc(C)c(C(C#N)c3ccc(Cl)cc3)cc2C)c1. The number of carbonyl (C=O) groups excluding carboxylic acids is 1. The number of rotatable bonds is 4. The number of aryl methyl sites for hydroxylation is 4. The van der Waals surface area contributed by atoms with Gasteiger partial charge < -0.3 is 10.4 Å². The normalized spacial score (nSPS) is 11.1. The van der Waals surface area contributed by atoms with E-state index in [0.29, 0.717) is 16.3 Å². The number of phenolic OH excluding ortho intramolecular Hbond substituents is 1. The first kappa shape index (κ1) is 25.0. The minimum Gasteiger partial charge on any atom is -0.507 e. The summed E-state index contributed by atoms with van der Waals surface area (Å²) in [7, 11) is 0. The molecule has 0 heterocycles. The number of hydrogen-bond acceptors (Lipinski definition) is 3. The summed E-state index contributed by atoms with van der Waals surface area (Å²) in [5, 5.41) is 23.6. The van der Waals surface area contributed by atoms with Crippen LogP contribution in [0.4, 0.5) is 5.69 Å². The molecule has 0 saturated carbocycles. The van der Waals surface area contributed by atoms with Crippen molar-refractivity contribution in [3.8, 4) is 11.8 Å². The number of nitrogens with one attached hydrogen (secondary N) is 1. The molecule has 5 heteroatoms. The highest BCUT2D eigenvalue weighted by Crippen LogP contribution is 2.32. The molecule has 1 amide bonds. The molecular formula is C27H29ClN2O2. The van der Waals surface area contributed by atoms with Crippen LogP contribution in [0.2, 0.25) is 5.02 Å². The second-order valence-corrected chi connectivity index (χ2v) is 8.01. The molecule has 3 aromatic rings. The van der Waals surface area contributed by atoms with Crippen molar-refractivity contribution in [1.29, 1.82) is 5.26 Å². The second-order valence-electron chi connectivity index (χ2n) is 7.57. The second kappa shape index (κ2) is 10.8. The van der Waals surface area contributed by atoms with E-state index in [1.807, 2.05) is 65.0 Å². The van der Waals surface area contributed by atoms with Crippen LogP contribution < -0.4 is 5.32 Å². The van der Waals surface area contributed by atoms with E-state index in [9.17, 15) is 15.2 Å². The van der Waals surface area contributed by atoms with Crippen LogP contribution >= 0.6 is 11.6 Å². The zero-order chi connectivity index (χ0) is 24.0. The number of nitrogens with zero attached hydrogens (tertiary/aromatic N) is 1. The van der Waals surface area contributed by atoms with Gasteiger partial charge in [0.2, 0.25) is 0 Å². The van der Waals surface area contributed by atoms with Crippen molar-refractivity contribution in [2.24, 2.45) is 0 Å². The number of carbonyl (C=O) groups is 1. The fourth-order valence-electron chi connectivity index (χ4n) is 3.59. The molecule has 1 atom stereocenters. The van der Waals surface area contributed by atoms with Crippen molar-refractivity contribution in [3.05, 3.63) is 92.5 Å². The lowest BCUT2D eigenvalue weighted by Gasteiger charge is -2.17. The average Bonchev–Trinajstić information content (AvgIpc) is 2.77. The largest absolute Gasteiger partial charge is 0.507 e. The van der Waals surface area contributed by atoms with Gasteiger partial charge in [0.15, 0.2) is 0 Å². The first-order valence-electron chi connectivity index (χ1n) is 10.6. The first-order chi connectivity index (χ1) is 15.2. The van der Waals surface area contributed by atoms with Crippen LogP contribution in [0.25, 0.3) is 0 Å². The van der Waals surface area contributed by atoms with Crippen LogP contribution in [-0.4, -0.2) is 11.0 Å². The third kappa shape index (κ3) is 5.49. The van der Waals surface area contributed by atoms with Crippen molar-refractivity contribution >= 4 is 23.2 Å². The molecule has 166 valence electrons. The van der Waals surface area contributed by atoms with Crippen LogP contribution in [0.1, 0.15) is 63.5 Å². The van der Waals surface area contributed by atoms with Gasteiger partial charge in [-0.15, -0.1) is 0 Å². The van der Waals surface area contributed by atoms with Gasteiger partial charge in [0.05, 0.1) is 17.6 Å². The Balaban J connectivity index is 0.00000176. The standard InChI is InChI=1S/C25H23ClN2O2.C2H6/c1-14-9-17(4)24(29)21(10-14)25(30)28-23-12-15(2)20(11-16(23)3)22(13-27)18-5-7-19(26)8-6-18;1-2/h5-12,22,29H,1-4H3,(H,28,30);1-2H3. The molecule has 2 N–H and O–H groups in total. The van der Waals surface area contributed by atoms with Crippen LogP contribution in [0.15, 0.2) is 48.5 Å². The molecule has 0 fully saturated rings. The van der Waals surface area contributed by atoms with E-state index in [0.717, 1.165) is 27.8 Å². The molecule has 0 radical (unpaired) electrons. The fourth-order valence-corrected chi connectivity index (χ4v) is 3.71. The van der Waals surface area contributed by atoms with E-state index in [4.69, 9.17) is 11.6 Å². The zero-order valence-electron chi connectivity index (χ0n) is 19.4. The van der Waals surface area contributed by atoms with E-state index in [2.05, 4.69) is 11.4 Å². The number of aromatic hydroxyl groups is 1. The lowest BCUT2D eigenvalue weighted by atomic mass is 9.88. The van der Waals surface area contributed by atoms with Crippen molar-refractivity contribution in [3.63, 3.8) is 0 Å². The van der Waals surface area contributed by atoms with Crippen molar-refractivity contribution in [2.75, 3.05) is 5.32 Å². The van der Waals surface area contributed by atoms with Gasteiger partial charge in [-0.2, -0.15) is 5.26 Å². The topological polar surface area (TPSA) is 73.1 Å². The molecule has 0 aliphatic heterocycles. The van der Waals surface area contributed by atoms with Crippen LogP contribution in [0.5, 0.6) is 5.75 Å². The van der Waals surface area contributed by atoms with Crippen molar-refractivity contribution < 1.29 is 9.90 Å². The predicted molar refractivity (Wildman–Crippen MR) is 132 cm³/mol. The molecule has 0 aromatic heterocycles.